The second-order valence-corrected chi connectivity index (χ2v) is 6.20. The highest BCUT2D eigenvalue weighted by molar-refractivity contribution is 6.04. The molecule has 0 unspecified atom stereocenters. The monoisotopic (exact) mass is 396 g/mol. The van der Waals surface area contributed by atoms with Crippen molar-refractivity contribution in [3.8, 4) is 6.07 Å². The second-order valence-electron chi connectivity index (χ2n) is 6.20. The fraction of sp³-hybridized carbons (Fsp3) is 0.200. The van der Waals surface area contributed by atoms with Crippen LogP contribution in [0.15, 0.2) is 54.6 Å². The average molecular weight is 396 g/mol. The molecule has 0 spiro atoms. The molecule has 0 heterocycles. The Morgan fingerprint density at radius 2 is 1.76 bits per heavy atom. The number of amides is 1. The van der Waals surface area contributed by atoms with Crippen LogP contribution in [0, 0.1) is 11.3 Å². The highest BCUT2D eigenvalue weighted by Gasteiger charge is 2.44. The van der Waals surface area contributed by atoms with E-state index in [0.29, 0.717) is 16.8 Å². The third-order valence-electron chi connectivity index (χ3n) is 4.07. The summed E-state index contributed by atoms with van der Waals surface area (Å²) in [6, 6.07) is 17.0. The summed E-state index contributed by atoms with van der Waals surface area (Å²) in [7, 11) is 0. The SMILES string of the molecule is N#Cc1ccc(NNC(=O)CC[C@@](N)(C(=O)O)C(=O)OCc2ccccc2)cc1. The predicted molar refractivity (Wildman–Crippen MR) is 103 cm³/mol. The molecule has 9 heteroatoms. The first-order valence-electron chi connectivity index (χ1n) is 8.63. The molecule has 0 aliphatic carbocycles. The molecule has 0 aliphatic rings. The van der Waals surface area contributed by atoms with Crippen LogP contribution in [0.1, 0.15) is 24.0 Å². The first-order valence-corrected chi connectivity index (χ1v) is 8.63. The quantitative estimate of drug-likeness (QED) is 0.281. The maximum atomic E-state index is 12.2. The number of ether oxygens (including phenoxy) is 1. The van der Waals surface area contributed by atoms with Crippen molar-refractivity contribution < 1.29 is 24.2 Å². The molecule has 5 N–H and O–H groups in total. The Hall–Kier alpha value is -3.90. The number of hydrazine groups is 1. The van der Waals surface area contributed by atoms with Gasteiger partial charge in [0, 0.05) is 6.42 Å². The lowest BCUT2D eigenvalue weighted by Gasteiger charge is -2.22. The number of nitrogens with one attached hydrogen (secondary N) is 2. The van der Waals surface area contributed by atoms with Gasteiger partial charge in [-0.15, -0.1) is 0 Å². The van der Waals surface area contributed by atoms with Gasteiger partial charge in [-0.05, 0) is 36.2 Å². The molecule has 150 valence electrons. The number of nitrogens with zero attached hydrogens (tertiary/aromatic N) is 1. The van der Waals surface area contributed by atoms with Crippen molar-refractivity contribution in [2.75, 3.05) is 5.43 Å². The number of carboxylic acids is 1. The van der Waals surface area contributed by atoms with Crippen LogP contribution < -0.4 is 16.6 Å². The Kier molecular flexibility index (Phi) is 7.28. The van der Waals surface area contributed by atoms with E-state index in [1.54, 1.807) is 54.6 Å². The van der Waals surface area contributed by atoms with Crippen molar-refractivity contribution in [3.05, 3.63) is 65.7 Å². The number of aliphatic carboxylic acids is 1. The van der Waals surface area contributed by atoms with Crippen LogP contribution in [0.2, 0.25) is 0 Å². The van der Waals surface area contributed by atoms with Crippen molar-refractivity contribution >= 4 is 23.5 Å². The number of nitrogens with two attached hydrogens (primary N) is 1. The molecule has 0 aliphatic heterocycles. The van der Waals surface area contributed by atoms with Crippen molar-refractivity contribution in [2.24, 2.45) is 5.73 Å². The van der Waals surface area contributed by atoms with Gasteiger partial charge in [-0.25, -0.2) is 9.59 Å². The van der Waals surface area contributed by atoms with E-state index in [0.717, 1.165) is 0 Å². The molecule has 0 fully saturated rings. The summed E-state index contributed by atoms with van der Waals surface area (Å²) in [4.78, 5) is 35.7. The average Bonchev–Trinajstić information content (AvgIpc) is 2.75. The standard InChI is InChI=1S/C20H20N4O5/c21-12-14-6-8-16(9-7-14)23-24-17(25)10-11-20(22,18(26)27)19(28)29-13-15-4-2-1-3-5-15/h1-9,23H,10-11,13,22H2,(H,24,25)(H,26,27)/t20-/m1/s1. The third kappa shape index (κ3) is 6.05. The van der Waals surface area contributed by atoms with Crippen molar-refractivity contribution in [2.45, 2.75) is 25.0 Å². The number of rotatable bonds is 9. The topological polar surface area (TPSA) is 155 Å². The summed E-state index contributed by atoms with van der Waals surface area (Å²) < 4.78 is 5.02. The van der Waals surface area contributed by atoms with Crippen LogP contribution in [0.4, 0.5) is 5.69 Å². The van der Waals surface area contributed by atoms with Gasteiger partial charge in [0.15, 0.2) is 0 Å². The molecular formula is C20H20N4O5. The number of carboxylic acid groups (broad SMARTS) is 1. The zero-order valence-corrected chi connectivity index (χ0v) is 15.4. The highest BCUT2D eigenvalue weighted by Crippen LogP contribution is 2.15. The normalized spacial score (nSPS) is 12.1. The lowest BCUT2D eigenvalue weighted by molar-refractivity contribution is -0.162. The minimum absolute atomic E-state index is 0.127. The summed E-state index contributed by atoms with van der Waals surface area (Å²) in [5.41, 5.74) is 10.0. The van der Waals surface area contributed by atoms with Crippen LogP contribution in [-0.2, 0) is 25.7 Å². The van der Waals surface area contributed by atoms with Crippen LogP contribution in [0.3, 0.4) is 0 Å². The molecular weight excluding hydrogens is 376 g/mol. The molecule has 29 heavy (non-hydrogen) atoms. The van der Waals surface area contributed by atoms with Gasteiger partial charge >= 0.3 is 11.9 Å². The van der Waals surface area contributed by atoms with Crippen LogP contribution in [0.5, 0.6) is 0 Å². The van der Waals surface area contributed by atoms with E-state index in [1.165, 1.54) is 0 Å². The van der Waals surface area contributed by atoms with Crippen LogP contribution >= 0.6 is 0 Å². The van der Waals surface area contributed by atoms with Crippen LogP contribution in [0.25, 0.3) is 0 Å². The molecule has 1 amide bonds. The van der Waals surface area contributed by atoms with E-state index in [9.17, 15) is 19.5 Å². The second kappa shape index (κ2) is 9.87. The highest BCUT2D eigenvalue weighted by atomic mass is 16.5. The Labute approximate surface area is 167 Å². The Balaban J connectivity index is 1.87. The van der Waals surface area contributed by atoms with Gasteiger partial charge in [0.25, 0.3) is 0 Å². The van der Waals surface area contributed by atoms with Gasteiger partial charge in [-0.1, -0.05) is 30.3 Å². The fourth-order valence-electron chi connectivity index (χ4n) is 2.29. The van der Waals surface area contributed by atoms with E-state index in [1.807, 2.05) is 6.07 Å². The number of hydrogen-bond donors (Lipinski definition) is 4. The third-order valence-corrected chi connectivity index (χ3v) is 4.07. The number of benzene rings is 2. The van der Waals surface area contributed by atoms with Crippen molar-refractivity contribution in [1.29, 1.82) is 5.26 Å². The molecule has 0 saturated carbocycles. The number of carbonyl (C=O) groups is 3. The minimum Gasteiger partial charge on any atom is -0.479 e. The Morgan fingerprint density at radius 3 is 2.34 bits per heavy atom. The summed E-state index contributed by atoms with van der Waals surface area (Å²) in [6.45, 7) is -0.127. The number of carbonyl (C=O) groups excluding carboxylic acids is 2. The molecule has 1 atom stereocenters. The van der Waals surface area contributed by atoms with E-state index >= 15 is 0 Å². The van der Waals surface area contributed by atoms with E-state index in [-0.39, 0.29) is 13.0 Å². The molecule has 9 nitrogen and oxygen atoms in total. The molecule has 2 aromatic rings. The number of nitriles is 1. The summed E-state index contributed by atoms with van der Waals surface area (Å²) in [6.07, 6.45) is -0.774. The van der Waals surface area contributed by atoms with Gasteiger partial charge in [-0.3, -0.25) is 15.6 Å². The maximum absolute atomic E-state index is 12.2. The van der Waals surface area contributed by atoms with Crippen LogP contribution in [-0.4, -0.2) is 28.5 Å². The van der Waals surface area contributed by atoms with Gasteiger partial charge in [0.1, 0.15) is 6.61 Å². The lowest BCUT2D eigenvalue weighted by Crippen LogP contribution is -2.56. The summed E-state index contributed by atoms with van der Waals surface area (Å²) in [5.74, 6) is -3.27. The van der Waals surface area contributed by atoms with Gasteiger partial charge in [-0.2, -0.15) is 5.26 Å². The molecule has 0 radical (unpaired) electrons. The van der Waals surface area contributed by atoms with Crippen molar-refractivity contribution in [3.63, 3.8) is 0 Å². The smallest absolute Gasteiger partial charge is 0.338 e. The zero-order chi connectivity index (χ0) is 21.3. The Bertz CT molecular complexity index is 909. The first-order chi connectivity index (χ1) is 13.8. The lowest BCUT2D eigenvalue weighted by atomic mass is 9.94. The number of hydrogen-bond acceptors (Lipinski definition) is 7. The Morgan fingerprint density at radius 1 is 1.10 bits per heavy atom. The summed E-state index contributed by atoms with van der Waals surface area (Å²) in [5, 5.41) is 18.1. The van der Waals surface area contributed by atoms with Gasteiger partial charge < -0.3 is 15.6 Å². The van der Waals surface area contributed by atoms with E-state index in [4.69, 9.17) is 15.7 Å². The number of esters is 1. The molecule has 0 saturated heterocycles. The maximum Gasteiger partial charge on any atom is 0.338 e. The predicted octanol–water partition coefficient (Wildman–Crippen LogP) is 1.31. The molecule has 0 aromatic heterocycles. The molecule has 0 bridgehead atoms. The molecule has 2 aromatic carbocycles. The fourth-order valence-corrected chi connectivity index (χ4v) is 2.29. The minimum atomic E-state index is -2.35. The van der Waals surface area contributed by atoms with Crippen molar-refractivity contribution in [1.82, 2.24) is 5.43 Å². The number of anilines is 1. The van der Waals surface area contributed by atoms with Gasteiger partial charge in [0.05, 0.1) is 17.3 Å². The van der Waals surface area contributed by atoms with E-state index < -0.39 is 29.8 Å². The first kappa shape index (κ1) is 21.4. The molecule has 2 rings (SSSR count). The largest absolute Gasteiger partial charge is 0.479 e. The van der Waals surface area contributed by atoms with Gasteiger partial charge in [0.2, 0.25) is 11.4 Å². The zero-order valence-electron chi connectivity index (χ0n) is 15.4. The summed E-state index contributed by atoms with van der Waals surface area (Å²) >= 11 is 0. The van der Waals surface area contributed by atoms with E-state index in [2.05, 4.69) is 10.9 Å².